The highest BCUT2D eigenvalue weighted by Gasteiger charge is 2.31. The monoisotopic (exact) mass is 280 g/mol. The average molecular weight is 280 g/mol. The molecule has 19 heavy (non-hydrogen) atoms. The Morgan fingerprint density at radius 2 is 2.32 bits per heavy atom. The molecule has 1 aromatic rings. The summed E-state index contributed by atoms with van der Waals surface area (Å²) in [4.78, 5) is 19.1. The molecule has 5 heteroatoms. The van der Waals surface area contributed by atoms with Crippen LogP contribution in [0.3, 0.4) is 0 Å². The molecule has 0 radical (unpaired) electrons. The van der Waals surface area contributed by atoms with Gasteiger partial charge in [-0.15, -0.1) is 0 Å². The lowest BCUT2D eigenvalue weighted by molar-refractivity contribution is 0.112. The molecule has 1 saturated heterocycles. The third-order valence-corrected chi connectivity index (χ3v) is 4.99. The van der Waals surface area contributed by atoms with E-state index in [9.17, 15) is 4.79 Å². The topological polar surface area (TPSA) is 42.4 Å². The Morgan fingerprint density at radius 3 is 3.00 bits per heavy atom. The number of carbonyl (C=O) groups is 1. The van der Waals surface area contributed by atoms with Crippen molar-refractivity contribution in [3.05, 3.63) is 10.6 Å². The summed E-state index contributed by atoms with van der Waals surface area (Å²) in [6.45, 7) is 2.87. The lowest BCUT2D eigenvalue weighted by Gasteiger charge is -2.32. The van der Waals surface area contributed by atoms with Gasteiger partial charge in [0.1, 0.15) is 0 Å². The zero-order valence-corrected chi connectivity index (χ0v) is 12.1. The molecule has 0 N–H and O–H groups in total. The van der Waals surface area contributed by atoms with Crippen LogP contribution in [0.15, 0.2) is 0 Å². The van der Waals surface area contributed by atoms with E-state index in [1.165, 1.54) is 25.7 Å². The second-order valence-electron chi connectivity index (χ2n) is 5.55. The minimum Gasteiger partial charge on any atom is -0.384 e. The summed E-state index contributed by atoms with van der Waals surface area (Å²) in [5.41, 5.74) is 1.05. The molecule has 2 heterocycles. The quantitative estimate of drug-likeness (QED) is 0.778. The van der Waals surface area contributed by atoms with Gasteiger partial charge in [0, 0.05) is 26.1 Å². The lowest BCUT2D eigenvalue weighted by Crippen LogP contribution is -2.37. The molecule has 2 aliphatic rings. The van der Waals surface area contributed by atoms with E-state index >= 15 is 0 Å². The largest absolute Gasteiger partial charge is 0.384 e. The number of thiazole rings is 1. The SMILES string of the molecule is COCC1CCCN(c2nc(C3CC3)c(C=O)s2)C1. The van der Waals surface area contributed by atoms with E-state index in [4.69, 9.17) is 9.72 Å². The summed E-state index contributed by atoms with van der Waals surface area (Å²) in [7, 11) is 1.76. The molecule has 1 aliphatic carbocycles. The van der Waals surface area contributed by atoms with Crippen LogP contribution < -0.4 is 4.90 Å². The fourth-order valence-corrected chi connectivity index (χ4v) is 3.81. The average Bonchev–Trinajstić information content (AvgIpc) is 3.18. The standard InChI is InChI=1S/C14H20N2O2S/c1-18-9-10-3-2-6-16(7-10)14-15-13(11-4-5-11)12(8-17)19-14/h8,10-11H,2-7,9H2,1H3. The summed E-state index contributed by atoms with van der Waals surface area (Å²) in [5, 5.41) is 1.03. The van der Waals surface area contributed by atoms with Crippen molar-refractivity contribution >= 4 is 22.8 Å². The van der Waals surface area contributed by atoms with Crippen LogP contribution in [0.2, 0.25) is 0 Å². The molecule has 4 nitrogen and oxygen atoms in total. The summed E-state index contributed by atoms with van der Waals surface area (Å²) in [5.74, 6) is 1.14. The highest BCUT2D eigenvalue weighted by atomic mass is 32.1. The first-order valence-corrected chi connectivity index (χ1v) is 7.83. The Bertz CT molecular complexity index is 454. The van der Waals surface area contributed by atoms with Gasteiger partial charge < -0.3 is 9.64 Å². The maximum absolute atomic E-state index is 11.2. The van der Waals surface area contributed by atoms with E-state index in [1.807, 2.05) is 0 Å². The van der Waals surface area contributed by atoms with E-state index < -0.39 is 0 Å². The Hall–Kier alpha value is -0.940. The molecule has 1 aliphatic heterocycles. The highest BCUT2D eigenvalue weighted by molar-refractivity contribution is 7.17. The molecule has 0 bridgehead atoms. The van der Waals surface area contributed by atoms with Crippen molar-refractivity contribution < 1.29 is 9.53 Å². The molecule has 104 valence electrons. The first-order chi connectivity index (χ1) is 9.31. The number of carbonyl (C=O) groups excluding carboxylic acids is 1. The van der Waals surface area contributed by atoms with Crippen LogP contribution >= 0.6 is 11.3 Å². The fourth-order valence-electron chi connectivity index (χ4n) is 2.81. The van der Waals surface area contributed by atoms with Crippen LogP contribution in [0.25, 0.3) is 0 Å². The molecule has 0 amide bonds. The first kappa shape index (κ1) is 13.1. The minimum absolute atomic E-state index is 0.546. The molecule has 1 saturated carbocycles. The fraction of sp³-hybridized carbons (Fsp3) is 0.714. The van der Waals surface area contributed by atoms with E-state index in [-0.39, 0.29) is 0 Å². The van der Waals surface area contributed by atoms with Crippen LogP contribution in [-0.2, 0) is 4.74 Å². The molecule has 1 unspecified atom stereocenters. The number of nitrogens with zero attached hydrogens (tertiary/aromatic N) is 2. The maximum atomic E-state index is 11.2. The summed E-state index contributed by atoms with van der Waals surface area (Å²) < 4.78 is 5.26. The number of aldehydes is 1. The normalized spacial score (nSPS) is 23.6. The van der Waals surface area contributed by atoms with Crippen molar-refractivity contribution in [2.45, 2.75) is 31.6 Å². The number of ether oxygens (including phenoxy) is 1. The van der Waals surface area contributed by atoms with Crippen molar-refractivity contribution in [3.8, 4) is 0 Å². The molecule has 2 fully saturated rings. The van der Waals surface area contributed by atoms with E-state index in [0.29, 0.717) is 11.8 Å². The predicted molar refractivity (Wildman–Crippen MR) is 76.3 cm³/mol. The van der Waals surface area contributed by atoms with Gasteiger partial charge in [0.05, 0.1) is 17.2 Å². The zero-order chi connectivity index (χ0) is 13.2. The van der Waals surface area contributed by atoms with E-state index in [2.05, 4.69) is 4.90 Å². The lowest BCUT2D eigenvalue weighted by atomic mass is 9.99. The van der Waals surface area contributed by atoms with Crippen molar-refractivity contribution in [3.63, 3.8) is 0 Å². The van der Waals surface area contributed by atoms with Gasteiger partial charge >= 0.3 is 0 Å². The number of hydrogen-bond donors (Lipinski definition) is 0. The van der Waals surface area contributed by atoms with Gasteiger partial charge in [0.25, 0.3) is 0 Å². The Labute approximate surface area is 117 Å². The van der Waals surface area contributed by atoms with Crippen molar-refractivity contribution in [1.82, 2.24) is 4.98 Å². The second-order valence-corrected chi connectivity index (χ2v) is 6.56. The Kier molecular flexibility index (Phi) is 3.84. The molecule has 0 aromatic carbocycles. The van der Waals surface area contributed by atoms with Crippen LogP contribution in [0, 0.1) is 5.92 Å². The van der Waals surface area contributed by atoms with Crippen molar-refractivity contribution in [2.24, 2.45) is 5.92 Å². The number of hydrogen-bond acceptors (Lipinski definition) is 5. The van der Waals surface area contributed by atoms with Gasteiger partial charge in [-0.25, -0.2) is 4.98 Å². The number of methoxy groups -OCH3 is 1. The summed E-state index contributed by atoms with van der Waals surface area (Å²) in [6, 6.07) is 0. The predicted octanol–water partition coefficient (Wildman–Crippen LogP) is 2.70. The number of anilines is 1. The van der Waals surface area contributed by atoms with Crippen LogP contribution in [-0.4, -0.2) is 38.1 Å². The number of aromatic nitrogens is 1. The van der Waals surface area contributed by atoms with Crippen LogP contribution in [0.4, 0.5) is 5.13 Å². The van der Waals surface area contributed by atoms with Gasteiger partial charge in [-0.2, -0.15) is 0 Å². The van der Waals surface area contributed by atoms with Crippen molar-refractivity contribution in [1.29, 1.82) is 0 Å². The van der Waals surface area contributed by atoms with Gasteiger partial charge in [-0.3, -0.25) is 4.79 Å². The van der Waals surface area contributed by atoms with Crippen LogP contribution in [0.1, 0.15) is 47.0 Å². The molecule has 3 rings (SSSR count). The summed E-state index contributed by atoms with van der Waals surface area (Å²) in [6.07, 6.45) is 5.77. The smallest absolute Gasteiger partial charge is 0.186 e. The van der Waals surface area contributed by atoms with Gasteiger partial charge in [0.2, 0.25) is 0 Å². The number of piperidine rings is 1. The van der Waals surface area contributed by atoms with Crippen LogP contribution in [0.5, 0.6) is 0 Å². The Morgan fingerprint density at radius 1 is 1.47 bits per heavy atom. The third kappa shape index (κ3) is 2.82. The second kappa shape index (κ2) is 5.59. The van der Waals surface area contributed by atoms with E-state index in [0.717, 1.165) is 41.7 Å². The zero-order valence-electron chi connectivity index (χ0n) is 11.3. The van der Waals surface area contributed by atoms with Gasteiger partial charge in [-0.1, -0.05) is 11.3 Å². The molecule has 0 spiro atoms. The highest BCUT2D eigenvalue weighted by Crippen LogP contribution is 2.44. The van der Waals surface area contributed by atoms with E-state index in [1.54, 1.807) is 18.4 Å². The molecular formula is C14H20N2O2S. The van der Waals surface area contributed by atoms with Gasteiger partial charge in [0.15, 0.2) is 11.4 Å². The number of rotatable bonds is 5. The minimum atomic E-state index is 0.546. The molecular weight excluding hydrogens is 260 g/mol. The Balaban J connectivity index is 1.75. The third-order valence-electron chi connectivity index (χ3n) is 3.93. The summed E-state index contributed by atoms with van der Waals surface area (Å²) >= 11 is 1.56. The van der Waals surface area contributed by atoms with Gasteiger partial charge in [-0.05, 0) is 31.6 Å². The first-order valence-electron chi connectivity index (χ1n) is 7.01. The van der Waals surface area contributed by atoms with Crippen molar-refractivity contribution in [2.75, 3.05) is 31.7 Å². The molecule has 1 atom stereocenters. The maximum Gasteiger partial charge on any atom is 0.186 e. The molecule has 1 aromatic heterocycles.